The molecule has 8 heteroatoms. The highest BCUT2D eigenvalue weighted by atomic mass is 32.2. The molecule has 0 fully saturated rings. The van der Waals surface area contributed by atoms with Gasteiger partial charge in [-0.1, -0.05) is 24.3 Å². The summed E-state index contributed by atoms with van der Waals surface area (Å²) < 4.78 is 10.8. The normalized spacial score (nSPS) is 12.0. The fourth-order valence-electron chi connectivity index (χ4n) is 3.32. The van der Waals surface area contributed by atoms with Crippen LogP contribution in [0.5, 0.6) is 11.5 Å². The van der Waals surface area contributed by atoms with E-state index in [1.54, 1.807) is 11.8 Å². The number of nitrogens with two attached hydrogens (primary N) is 1. The predicted molar refractivity (Wildman–Crippen MR) is 123 cm³/mol. The van der Waals surface area contributed by atoms with Gasteiger partial charge in [-0.25, -0.2) is 0 Å². The van der Waals surface area contributed by atoms with E-state index >= 15 is 0 Å². The van der Waals surface area contributed by atoms with E-state index in [1.807, 2.05) is 55.5 Å². The molecular formula is C23H22N2O4S2. The number of benzene rings is 2. The Morgan fingerprint density at radius 1 is 1.13 bits per heavy atom. The van der Waals surface area contributed by atoms with Crippen molar-refractivity contribution in [1.29, 1.82) is 0 Å². The Labute approximate surface area is 188 Å². The fraction of sp³-hybridized carbons (Fsp3) is 0.217. The number of nitrogens with one attached hydrogen (secondary N) is 1. The summed E-state index contributed by atoms with van der Waals surface area (Å²) in [4.78, 5) is 26.7. The highest BCUT2D eigenvalue weighted by Crippen LogP contribution is 2.37. The van der Waals surface area contributed by atoms with Crippen LogP contribution in [0.25, 0.3) is 0 Å². The second-order valence-electron chi connectivity index (χ2n) is 7.04. The van der Waals surface area contributed by atoms with Crippen molar-refractivity contribution in [3.8, 4) is 11.5 Å². The van der Waals surface area contributed by atoms with Crippen LogP contribution >= 0.6 is 23.1 Å². The van der Waals surface area contributed by atoms with Gasteiger partial charge in [0.1, 0.15) is 5.00 Å². The Kier molecular flexibility index (Phi) is 6.48. The molecule has 160 valence electrons. The van der Waals surface area contributed by atoms with Crippen LogP contribution in [-0.4, -0.2) is 24.4 Å². The monoisotopic (exact) mass is 454 g/mol. The Hall–Kier alpha value is -2.97. The molecule has 6 nitrogen and oxygen atoms in total. The molecule has 1 aromatic heterocycles. The molecule has 0 aliphatic carbocycles. The summed E-state index contributed by atoms with van der Waals surface area (Å²) in [5.74, 6) is 1.41. The van der Waals surface area contributed by atoms with Crippen LogP contribution in [0.3, 0.4) is 0 Å². The number of thioether (sulfide) groups is 1. The molecule has 2 amide bonds. The number of carbonyl (C=O) groups excluding carboxylic acids is 2. The number of primary amides is 1. The molecule has 4 rings (SSSR count). The molecule has 2 aromatic carbocycles. The van der Waals surface area contributed by atoms with E-state index in [0.717, 1.165) is 26.6 Å². The number of hydrogen-bond donors (Lipinski definition) is 2. The lowest BCUT2D eigenvalue weighted by molar-refractivity contribution is -0.115. The molecule has 0 saturated carbocycles. The minimum absolute atomic E-state index is 0.137. The zero-order chi connectivity index (χ0) is 21.8. The number of amides is 2. The zero-order valence-corrected chi connectivity index (χ0v) is 18.6. The fourth-order valence-corrected chi connectivity index (χ4v) is 5.45. The third-order valence-corrected chi connectivity index (χ3v) is 7.11. The molecular weight excluding hydrogens is 432 g/mol. The van der Waals surface area contributed by atoms with Crippen molar-refractivity contribution in [2.75, 3.05) is 17.9 Å². The summed E-state index contributed by atoms with van der Waals surface area (Å²) in [7, 11) is 0. The number of rotatable bonds is 8. The first-order chi connectivity index (χ1) is 15.0. The number of thiophene rings is 1. The van der Waals surface area contributed by atoms with E-state index in [-0.39, 0.29) is 12.7 Å². The zero-order valence-electron chi connectivity index (χ0n) is 17.0. The van der Waals surface area contributed by atoms with Gasteiger partial charge in [-0.15, -0.1) is 23.1 Å². The smallest absolute Gasteiger partial charge is 0.251 e. The minimum atomic E-state index is -0.542. The first kappa shape index (κ1) is 21.3. The second kappa shape index (κ2) is 9.45. The molecule has 31 heavy (non-hydrogen) atoms. The summed E-state index contributed by atoms with van der Waals surface area (Å²) >= 11 is 3.01. The van der Waals surface area contributed by atoms with Crippen molar-refractivity contribution < 1.29 is 19.1 Å². The van der Waals surface area contributed by atoms with Crippen molar-refractivity contribution in [2.45, 2.75) is 24.7 Å². The second-order valence-corrected chi connectivity index (χ2v) is 9.32. The van der Waals surface area contributed by atoms with Crippen LogP contribution in [0.15, 0.2) is 53.4 Å². The maximum Gasteiger partial charge on any atom is 0.251 e. The molecule has 0 bridgehead atoms. The average Bonchev–Trinajstić information content (AvgIpc) is 3.33. The Bertz CT molecular complexity index is 1110. The lowest BCUT2D eigenvalue weighted by Gasteiger charge is -2.05. The van der Waals surface area contributed by atoms with Crippen LogP contribution in [-0.2, 0) is 11.2 Å². The van der Waals surface area contributed by atoms with Crippen LogP contribution in [0.2, 0.25) is 0 Å². The third-order valence-electron chi connectivity index (χ3n) is 4.89. The van der Waals surface area contributed by atoms with E-state index in [4.69, 9.17) is 15.2 Å². The number of ether oxygens (including phenoxy) is 2. The predicted octanol–water partition coefficient (Wildman–Crippen LogP) is 4.60. The van der Waals surface area contributed by atoms with E-state index in [9.17, 15) is 9.59 Å². The number of anilines is 1. The van der Waals surface area contributed by atoms with Crippen molar-refractivity contribution in [1.82, 2.24) is 0 Å². The molecule has 2 heterocycles. The lowest BCUT2D eigenvalue weighted by Crippen LogP contribution is -2.17. The Balaban J connectivity index is 1.44. The molecule has 0 spiro atoms. The third kappa shape index (κ3) is 5.03. The number of carbonyl (C=O) groups is 2. The molecule has 0 radical (unpaired) electrons. The van der Waals surface area contributed by atoms with Crippen LogP contribution < -0.4 is 20.5 Å². The van der Waals surface area contributed by atoms with Crippen molar-refractivity contribution in [2.24, 2.45) is 5.73 Å². The minimum Gasteiger partial charge on any atom is -0.454 e. The van der Waals surface area contributed by atoms with Gasteiger partial charge in [0, 0.05) is 28.4 Å². The van der Waals surface area contributed by atoms with Gasteiger partial charge in [-0.05, 0) is 42.3 Å². The van der Waals surface area contributed by atoms with Gasteiger partial charge in [0.25, 0.3) is 5.91 Å². The summed E-state index contributed by atoms with van der Waals surface area (Å²) in [5.41, 5.74) is 7.83. The summed E-state index contributed by atoms with van der Waals surface area (Å²) in [6.07, 6.45) is 0.944. The Morgan fingerprint density at radius 2 is 1.90 bits per heavy atom. The van der Waals surface area contributed by atoms with Gasteiger partial charge in [0.05, 0.1) is 5.56 Å². The Morgan fingerprint density at radius 3 is 2.68 bits per heavy atom. The molecule has 0 atom stereocenters. The van der Waals surface area contributed by atoms with Gasteiger partial charge in [0.15, 0.2) is 11.5 Å². The van der Waals surface area contributed by atoms with Gasteiger partial charge < -0.3 is 20.5 Å². The summed E-state index contributed by atoms with van der Waals surface area (Å²) in [6.45, 7) is 2.08. The lowest BCUT2D eigenvalue weighted by atomic mass is 10.1. The van der Waals surface area contributed by atoms with Crippen LogP contribution in [0, 0.1) is 6.92 Å². The van der Waals surface area contributed by atoms with Gasteiger partial charge >= 0.3 is 0 Å². The number of fused-ring (bicyclic) bond motifs is 1. The standard InChI is InChI=1S/C23H22N2O4S2/c1-14-19(12-15-7-8-17-18(11-15)29-13-28-17)31-23(21(14)22(24)27)25-20(26)9-10-30-16-5-3-2-4-6-16/h2-8,11H,9-10,12-13H2,1H3,(H2,24,27)(H,25,26). The summed E-state index contributed by atoms with van der Waals surface area (Å²) in [5, 5.41) is 3.40. The molecule has 3 N–H and O–H groups in total. The van der Waals surface area contributed by atoms with Crippen molar-refractivity contribution in [3.63, 3.8) is 0 Å². The average molecular weight is 455 g/mol. The van der Waals surface area contributed by atoms with Crippen molar-refractivity contribution >= 4 is 39.9 Å². The van der Waals surface area contributed by atoms with Gasteiger partial charge in [0.2, 0.25) is 12.7 Å². The highest BCUT2D eigenvalue weighted by molar-refractivity contribution is 7.99. The first-order valence-corrected chi connectivity index (χ1v) is 11.6. The molecule has 3 aromatic rings. The first-order valence-electron chi connectivity index (χ1n) is 9.79. The maximum absolute atomic E-state index is 12.5. The molecule has 1 aliphatic rings. The molecule has 0 unspecified atom stereocenters. The quantitative estimate of drug-likeness (QED) is 0.486. The highest BCUT2D eigenvalue weighted by Gasteiger charge is 2.22. The molecule has 0 saturated heterocycles. The van der Waals surface area contributed by atoms with Gasteiger partial charge in [-0.3, -0.25) is 9.59 Å². The number of hydrogen-bond acceptors (Lipinski definition) is 6. The molecule has 1 aliphatic heterocycles. The van der Waals surface area contributed by atoms with Gasteiger partial charge in [-0.2, -0.15) is 0 Å². The SMILES string of the molecule is Cc1c(Cc2ccc3c(c2)OCO3)sc(NC(=O)CCSc2ccccc2)c1C(N)=O. The van der Waals surface area contributed by atoms with Crippen LogP contribution in [0.4, 0.5) is 5.00 Å². The largest absolute Gasteiger partial charge is 0.454 e. The topological polar surface area (TPSA) is 90.7 Å². The van der Waals surface area contributed by atoms with Crippen LogP contribution in [0.1, 0.15) is 32.8 Å². The van der Waals surface area contributed by atoms with E-state index < -0.39 is 5.91 Å². The van der Waals surface area contributed by atoms with E-state index in [2.05, 4.69) is 5.32 Å². The maximum atomic E-state index is 12.5. The van der Waals surface area contributed by atoms with E-state index in [1.165, 1.54) is 11.3 Å². The van der Waals surface area contributed by atoms with E-state index in [0.29, 0.717) is 34.9 Å². The van der Waals surface area contributed by atoms with Crippen molar-refractivity contribution in [3.05, 3.63) is 70.1 Å². The summed E-state index contributed by atoms with van der Waals surface area (Å²) in [6, 6.07) is 15.7.